The third-order valence-electron chi connectivity index (χ3n) is 2.93. The van der Waals surface area contributed by atoms with Gasteiger partial charge in [-0.15, -0.1) is 11.3 Å². The number of anilines is 1. The SMILES string of the molecule is CC(C)Cc1c(CCCc2cccs2)noc1N. The van der Waals surface area contributed by atoms with E-state index < -0.39 is 0 Å². The summed E-state index contributed by atoms with van der Waals surface area (Å²) in [6, 6.07) is 4.27. The lowest BCUT2D eigenvalue weighted by molar-refractivity contribution is 0.426. The van der Waals surface area contributed by atoms with Crippen molar-refractivity contribution in [3.63, 3.8) is 0 Å². The highest BCUT2D eigenvalue weighted by Crippen LogP contribution is 2.22. The first-order chi connectivity index (χ1) is 8.66. The van der Waals surface area contributed by atoms with Crippen LogP contribution in [0.25, 0.3) is 0 Å². The molecule has 0 spiro atoms. The lowest BCUT2D eigenvalue weighted by Gasteiger charge is -2.04. The number of aromatic nitrogens is 1. The first-order valence-corrected chi connectivity index (χ1v) is 7.30. The number of thiophene rings is 1. The molecule has 3 nitrogen and oxygen atoms in total. The van der Waals surface area contributed by atoms with E-state index in [0.717, 1.165) is 36.9 Å². The summed E-state index contributed by atoms with van der Waals surface area (Å²) in [6.07, 6.45) is 4.09. The molecule has 0 aliphatic rings. The van der Waals surface area contributed by atoms with Crippen LogP contribution < -0.4 is 5.73 Å². The van der Waals surface area contributed by atoms with Crippen molar-refractivity contribution in [2.45, 2.75) is 39.5 Å². The van der Waals surface area contributed by atoms with Crippen molar-refractivity contribution < 1.29 is 4.52 Å². The summed E-state index contributed by atoms with van der Waals surface area (Å²) < 4.78 is 5.11. The van der Waals surface area contributed by atoms with Gasteiger partial charge in [0.2, 0.25) is 5.88 Å². The third-order valence-corrected chi connectivity index (χ3v) is 3.87. The third kappa shape index (κ3) is 3.35. The Morgan fingerprint density at radius 3 is 2.89 bits per heavy atom. The van der Waals surface area contributed by atoms with Crippen LogP contribution in [0.15, 0.2) is 22.0 Å². The molecule has 2 heterocycles. The molecule has 2 rings (SSSR count). The summed E-state index contributed by atoms with van der Waals surface area (Å²) in [5.74, 6) is 1.07. The lowest BCUT2D eigenvalue weighted by Crippen LogP contribution is -2.01. The topological polar surface area (TPSA) is 52.0 Å². The van der Waals surface area contributed by atoms with Crippen LogP contribution in [0.2, 0.25) is 0 Å². The van der Waals surface area contributed by atoms with Gasteiger partial charge in [0, 0.05) is 10.4 Å². The molecule has 0 amide bonds. The minimum Gasteiger partial charge on any atom is -0.367 e. The standard InChI is InChI=1S/C14H20N2OS/c1-10(2)9-12-13(16-17-14(12)15)7-3-5-11-6-4-8-18-11/h4,6,8,10H,3,5,7,9,15H2,1-2H3. The maximum atomic E-state index is 5.83. The molecule has 2 N–H and O–H groups in total. The molecule has 98 valence electrons. The zero-order valence-corrected chi connectivity index (χ0v) is 11.8. The zero-order valence-electron chi connectivity index (χ0n) is 11.0. The number of rotatable bonds is 6. The summed E-state index contributed by atoms with van der Waals surface area (Å²) in [7, 11) is 0. The minimum atomic E-state index is 0.495. The van der Waals surface area contributed by atoms with Crippen molar-refractivity contribution in [3.05, 3.63) is 33.6 Å². The highest BCUT2D eigenvalue weighted by Gasteiger charge is 2.14. The monoisotopic (exact) mass is 264 g/mol. The highest BCUT2D eigenvalue weighted by atomic mass is 32.1. The molecule has 0 aliphatic carbocycles. The van der Waals surface area contributed by atoms with Gasteiger partial charge in [0.1, 0.15) is 0 Å². The van der Waals surface area contributed by atoms with Crippen molar-refractivity contribution in [3.8, 4) is 0 Å². The number of hydrogen-bond acceptors (Lipinski definition) is 4. The Morgan fingerprint density at radius 1 is 1.39 bits per heavy atom. The second kappa shape index (κ2) is 6.05. The van der Waals surface area contributed by atoms with Crippen LogP contribution in [-0.4, -0.2) is 5.16 Å². The number of nitrogens with zero attached hydrogens (tertiary/aromatic N) is 1. The van der Waals surface area contributed by atoms with Crippen molar-refractivity contribution in [2.24, 2.45) is 5.92 Å². The van der Waals surface area contributed by atoms with Gasteiger partial charge in [-0.1, -0.05) is 25.1 Å². The van der Waals surface area contributed by atoms with Crippen LogP contribution in [0.1, 0.15) is 36.4 Å². The van der Waals surface area contributed by atoms with E-state index in [-0.39, 0.29) is 0 Å². The van der Waals surface area contributed by atoms with Crippen molar-refractivity contribution in [1.29, 1.82) is 0 Å². The highest BCUT2D eigenvalue weighted by molar-refractivity contribution is 7.09. The Balaban J connectivity index is 1.92. The molecule has 0 bridgehead atoms. The van der Waals surface area contributed by atoms with E-state index in [1.807, 2.05) is 11.3 Å². The summed E-state index contributed by atoms with van der Waals surface area (Å²) in [5.41, 5.74) is 7.98. The lowest BCUT2D eigenvalue weighted by atomic mass is 10.0. The summed E-state index contributed by atoms with van der Waals surface area (Å²) in [5, 5.41) is 6.21. The van der Waals surface area contributed by atoms with Crippen LogP contribution in [0, 0.1) is 5.92 Å². The summed E-state index contributed by atoms with van der Waals surface area (Å²) in [6.45, 7) is 4.36. The molecule has 0 unspecified atom stereocenters. The fraction of sp³-hybridized carbons (Fsp3) is 0.500. The van der Waals surface area contributed by atoms with Crippen molar-refractivity contribution in [2.75, 3.05) is 5.73 Å². The predicted molar refractivity (Wildman–Crippen MR) is 75.8 cm³/mol. The number of aryl methyl sites for hydroxylation is 2. The van der Waals surface area contributed by atoms with E-state index in [2.05, 4.69) is 36.5 Å². The van der Waals surface area contributed by atoms with Gasteiger partial charge in [0.15, 0.2) is 0 Å². The van der Waals surface area contributed by atoms with Gasteiger partial charge in [0.05, 0.1) is 5.69 Å². The molecular weight excluding hydrogens is 244 g/mol. The van der Waals surface area contributed by atoms with Gasteiger partial charge >= 0.3 is 0 Å². The number of nitrogen functional groups attached to an aromatic ring is 1. The van der Waals surface area contributed by atoms with Crippen LogP contribution >= 0.6 is 11.3 Å². The average molecular weight is 264 g/mol. The largest absolute Gasteiger partial charge is 0.367 e. The van der Waals surface area contributed by atoms with Gasteiger partial charge in [-0.05, 0) is 43.0 Å². The average Bonchev–Trinajstić information content (AvgIpc) is 2.93. The number of hydrogen-bond donors (Lipinski definition) is 1. The van der Waals surface area contributed by atoms with Gasteiger partial charge in [-0.2, -0.15) is 0 Å². The maximum Gasteiger partial charge on any atom is 0.225 e. The van der Waals surface area contributed by atoms with Crippen molar-refractivity contribution in [1.82, 2.24) is 5.16 Å². The second-order valence-corrected chi connectivity index (χ2v) is 6.04. The fourth-order valence-electron chi connectivity index (χ4n) is 2.06. The van der Waals surface area contributed by atoms with Gasteiger partial charge in [0.25, 0.3) is 0 Å². The molecule has 0 aromatic carbocycles. The second-order valence-electron chi connectivity index (χ2n) is 5.00. The van der Waals surface area contributed by atoms with Crippen LogP contribution in [-0.2, 0) is 19.3 Å². The minimum absolute atomic E-state index is 0.495. The summed E-state index contributed by atoms with van der Waals surface area (Å²) >= 11 is 1.81. The molecule has 0 radical (unpaired) electrons. The van der Waals surface area contributed by atoms with Gasteiger partial charge < -0.3 is 10.3 Å². The fourth-order valence-corrected chi connectivity index (χ4v) is 2.82. The Hall–Kier alpha value is -1.29. The normalized spacial score (nSPS) is 11.3. The van der Waals surface area contributed by atoms with Crippen LogP contribution in [0.5, 0.6) is 0 Å². The first kappa shape index (κ1) is 13.1. The molecule has 0 aliphatic heterocycles. The molecule has 2 aromatic heterocycles. The van der Waals surface area contributed by atoms with Gasteiger partial charge in [-0.3, -0.25) is 0 Å². The molecule has 18 heavy (non-hydrogen) atoms. The van der Waals surface area contributed by atoms with Gasteiger partial charge in [-0.25, -0.2) is 0 Å². The molecule has 0 fully saturated rings. The Kier molecular flexibility index (Phi) is 4.42. The molecule has 0 saturated heterocycles. The molecule has 2 aromatic rings. The van der Waals surface area contributed by atoms with Crippen LogP contribution in [0.4, 0.5) is 5.88 Å². The van der Waals surface area contributed by atoms with E-state index in [1.54, 1.807) is 0 Å². The summed E-state index contributed by atoms with van der Waals surface area (Å²) in [4.78, 5) is 1.43. The van der Waals surface area contributed by atoms with E-state index in [0.29, 0.717) is 11.8 Å². The Morgan fingerprint density at radius 2 is 2.22 bits per heavy atom. The van der Waals surface area contributed by atoms with E-state index >= 15 is 0 Å². The van der Waals surface area contributed by atoms with Crippen molar-refractivity contribution >= 4 is 17.2 Å². The zero-order chi connectivity index (χ0) is 13.0. The van der Waals surface area contributed by atoms with Crippen LogP contribution in [0.3, 0.4) is 0 Å². The van der Waals surface area contributed by atoms with E-state index in [9.17, 15) is 0 Å². The Bertz CT molecular complexity index is 474. The predicted octanol–water partition coefficient (Wildman–Crippen LogP) is 3.69. The smallest absolute Gasteiger partial charge is 0.225 e. The first-order valence-electron chi connectivity index (χ1n) is 6.42. The molecular formula is C14H20N2OS. The van der Waals surface area contributed by atoms with E-state index in [1.165, 1.54) is 4.88 Å². The molecule has 4 heteroatoms. The molecule has 0 atom stereocenters. The molecule has 0 saturated carbocycles. The Labute approximate surface area is 112 Å². The number of nitrogens with two attached hydrogens (primary N) is 1. The maximum absolute atomic E-state index is 5.83. The van der Waals surface area contributed by atoms with E-state index in [4.69, 9.17) is 10.3 Å². The quantitative estimate of drug-likeness (QED) is 0.865.